The van der Waals surface area contributed by atoms with Crippen LogP contribution in [-0.2, 0) is 4.79 Å². The molecule has 74 valence electrons. The second-order valence-electron chi connectivity index (χ2n) is 2.48. The van der Waals surface area contributed by atoms with Crippen molar-refractivity contribution in [1.82, 2.24) is 0 Å². The van der Waals surface area contributed by atoms with Crippen molar-refractivity contribution in [2.45, 2.75) is 0 Å². The molecule has 1 rings (SSSR count). The van der Waals surface area contributed by atoms with Crippen molar-refractivity contribution in [3.63, 3.8) is 0 Å². The molecule has 0 atom stereocenters. The molecule has 1 aromatic carbocycles. The highest BCUT2D eigenvalue weighted by atomic mass is 35.5. The zero-order chi connectivity index (χ0) is 10.6. The van der Waals surface area contributed by atoms with Gasteiger partial charge in [0.15, 0.2) is 12.9 Å². The van der Waals surface area contributed by atoms with Crippen LogP contribution in [0.1, 0.15) is 10.4 Å². The molecule has 14 heavy (non-hydrogen) atoms. The van der Waals surface area contributed by atoms with Gasteiger partial charge in [0.05, 0.1) is 5.56 Å². The quantitative estimate of drug-likeness (QED) is 0.774. The lowest BCUT2D eigenvalue weighted by molar-refractivity contribution is -0.139. The molecule has 0 saturated carbocycles. The zero-order valence-electron chi connectivity index (χ0n) is 7.07. The highest BCUT2D eigenvalue weighted by Gasteiger charge is 2.05. The molecule has 1 N–H and O–H groups in total. The number of hydrogen-bond donors (Lipinski definition) is 1. The van der Waals surface area contributed by atoms with E-state index in [1.54, 1.807) is 0 Å². The fraction of sp³-hybridized carbons (Fsp3) is 0.111. The molecule has 0 aliphatic heterocycles. The second kappa shape index (κ2) is 4.62. The summed E-state index contributed by atoms with van der Waals surface area (Å²) < 4.78 is 4.86. The van der Waals surface area contributed by atoms with E-state index in [-0.39, 0.29) is 11.3 Å². The topological polar surface area (TPSA) is 63.6 Å². The Morgan fingerprint density at radius 1 is 1.57 bits per heavy atom. The van der Waals surface area contributed by atoms with Gasteiger partial charge in [0.2, 0.25) is 0 Å². The predicted octanol–water partition coefficient (Wildman–Crippen LogP) is 1.62. The summed E-state index contributed by atoms with van der Waals surface area (Å²) in [4.78, 5) is 20.7. The monoisotopic (exact) mass is 214 g/mol. The van der Waals surface area contributed by atoms with Crippen LogP contribution in [0.15, 0.2) is 18.2 Å². The van der Waals surface area contributed by atoms with Crippen molar-refractivity contribution in [3.05, 3.63) is 28.8 Å². The molecule has 0 spiro atoms. The summed E-state index contributed by atoms with van der Waals surface area (Å²) >= 11 is 5.65. The summed E-state index contributed by atoms with van der Waals surface area (Å²) in [5.41, 5.74) is 0.274. The molecule has 0 aromatic heterocycles. The van der Waals surface area contributed by atoms with E-state index in [0.717, 1.165) is 0 Å². The Bertz CT molecular complexity index is 362. The number of ether oxygens (including phenoxy) is 1. The van der Waals surface area contributed by atoms with Gasteiger partial charge in [0.25, 0.3) is 0 Å². The molecule has 0 amide bonds. The van der Waals surface area contributed by atoms with Gasteiger partial charge >= 0.3 is 5.97 Å². The van der Waals surface area contributed by atoms with Crippen LogP contribution in [0.25, 0.3) is 0 Å². The first-order valence-electron chi connectivity index (χ1n) is 3.73. The van der Waals surface area contributed by atoms with Crippen LogP contribution in [0.5, 0.6) is 5.75 Å². The van der Waals surface area contributed by atoms with E-state index < -0.39 is 12.6 Å². The van der Waals surface area contributed by atoms with Gasteiger partial charge in [0, 0.05) is 5.02 Å². The van der Waals surface area contributed by atoms with Crippen LogP contribution < -0.4 is 4.74 Å². The van der Waals surface area contributed by atoms with Gasteiger partial charge in [-0.05, 0) is 18.2 Å². The molecule has 0 aliphatic rings. The number of rotatable bonds is 4. The Morgan fingerprint density at radius 3 is 2.86 bits per heavy atom. The number of halogens is 1. The molecule has 5 heteroatoms. The number of aliphatic carboxylic acids is 1. The van der Waals surface area contributed by atoms with Crippen LogP contribution >= 0.6 is 11.6 Å². The van der Waals surface area contributed by atoms with Crippen molar-refractivity contribution >= 4 is 23.9 Å². The molecule has 0 bridgehead atoms. The average Bonchev–Trinajstić information content (AvgIpc) is 2.15. The number of carboxylic acid groups (broad SMARTS) is 1. The number of carbonyl (C=O) groups is 2. The SMILES string of the molecule is O=Cc1ccc(Cl)cc1OCC(=O)O. The molecule has 0 unspecified atom stereocenters. The number of hydrogen-bond acceptors (Lipinski definition) is 3. The summed E-state index contributed by atoms with van der Waals surface area (Å²) in [7, 11) is 0. The number of aldehydes is 1. The Balaban J connectivity index is 2.87. The average molecular weight is 215 g/mol. The van der Waals surface area contributed by atoms with Crippen LogP contribution in [0.4, 0.5) is 0 Å². The minimum absolute atomic E-state index is 0.176. The van der Waals surface area contributed by atoms with E-state index in [0.29, 0.717) is 11.3 Å². The van der Waals surface area contributed by atoms with Crippen molar-refractivity contribution < 1.29 is 19.4 Å². The van der Waals surface area contributed by atoms with Crippen molar-refractivity contribution in [2.24, 2.45) is 0 Å². The van der Waals surface area contributed by atoms with E-state index in [2.05, 4.69) is 0 Å². The smallest absolute Gasteiger partial charge is 0.341 e. The van der Waals surface area contributed by atoms with Crippen LogP contribution in [0, 0.1) is 0 Å². The second-order valence-corrected chi connectivity index (χ2v) is 2.92. The summed E-state index contributed by atoms with van der Waals surface area (Å²) in [6, 6.07) is 4.39. The third-order valence-electron chi connectivity index (χ3n) is 1.45. The molecule has 4 nitrogen and oxygen atoms in total. The lowest BCUT2D eigenvalue weighted by atomic mass is 10.2. The maximum atomic E-state index is 10.5. The standard InChI is InChI=1S/C9H7ClO4/c10-7-2-1-6(4-11)8(3-7)14-5-9(12)13/h1-4H,5H2,(H,12,13). The first-order valence-corrected chi connectivity index (χ1v) is 4.10. The molecule has 1 aromatic rings. The summed E-state index contributed by atoms with van der Waals surface area (Å²) in [6.07, 6.45) is 0.577. The Kier molecular flexibility index (Phi) is 3.48. The van der Waals surface area contributed by atoms with Gasteiger partial charge in [-0.3, -0.25) is 4.79 Å². The van der Waals surface area contributed by atoms with Gasteiger partial charge in [-0.15, -0.1) is 0 Å². The Morgan fingerprint density at radius 2 is 2.29 bits per heavy atom. The first kappa shape index (κ1) is 10.5. The van der Waals surface area contributed by atoms with E-state index in [1.807, 2.05) is 0 Å². The lowest BCUT2D eigenvalue weighted by Crippen LogP contribution is -2.10. The van der Waals surface area contributed by atoms with Crippen molar-refractivity contribution in [1.29, 1.82) is 0 Å². The summed E-state index contributed by atoms with van der Waals surface area (Å²) in [6.45, 7) is -0.499. The molecular weight excluding hydrogens is 208 g/mol. The fourth-order valence-corrected chi connectivity index (χ4v) is 1.03. The van der Waals surface area contributed by atoms with Crippen molar-refractivity contribution in [3.8, 4) is 5.75 Å². The van der Waals surface area contributed by atoms with Gasteiger partial charge < -0.3 is 9.84 Å². The summed E-state index contributed by atoms with van der Waals surface area (Å²) in [5.74, 6) is -0.934. The van der Waals surface area contributed by atoms with Crippen LogP contribution in [0.2, 0.25) is 5.02 Å². The van der Waals surface area contributed by atoms with Crippen LogP contribution in [-0.4, -0.2) is 24.0 Å². The number of carbonyl (C=O) groups excluding carboxylic acids is 1. The normalized spacial score (nSPS) is 9.50. The lowest BCUT2D eigenvalue weighted by Gasteiger charge is -2.05. The molecule has 0 heterocycles. The van der Waals surface area contributed by atoms with E-state index in [4.69, 9.17) is 21.4 Å². The molecule has 0 fully saturated rings. The zero-order valence-corrected chi connectivity index (χ0v) is 7.82. The van der Waals surface area contributed by atoms with Crippen molar-refractivity contribution in [2.75, 3.05) is 6.61 Å². The van der Waals surface area contributed by atoms with E-state index >= 15 is 0 Å². The Hall–Kier alpha value is -1.55. The third-order valence-corrected chi connectivity index (χ3v) is 1.69. The predicted molar refractivity (Wildman–Crippen MR) is 50.0 cm³/mol. The van der Waals surface area contributed by atoms with Gasteiger partial charge in [-0.25, -0.2) is 4.79 Å². The van der Waals surface area contributed by atoms with Gasteiger partial charge in [-0.1, -0.05) is 11.6 Å². The minimum Gasteiger partial charge on any atom is -0.481 e. The first-order chi connectivity index (χ1) is 6.63. The van der Waals surface area contributed by atoms with Gasteiger partial charge in [0.1, 0.15) is 5.75 Å². The number of carboxylic acids is 1. The molecular formula is C9H7ClO4. The number of benzene rings is 1. The van der Waals surface area contributed by atoms with E-state index in [1.165, 1.54) is 18.2 Å². The van der Waals surface area contributed by atoms with Gasteiger partial charge in [-0.2, -0.15) is 0 Å². The minimum atomic E-state index is -1.11. The highest BCUT2D eigenvalue weighted by Crippen LogP contribution is 2.21. The van der Waals surface area contributed by atoms with Crippen LogP contribution in [0.3, 0.4) is 0 Å². The molecule has 0 radical (unpaired) electrons. The largest absolute Gasteiger partial charge is 0.481 e. The maximum Gasteiger partial charge on any atom is 0.341 e. The fourth-order valence-electron chi connectivity index (χ4n) is 0.870. The molecule has 0 saturated heterocycles. The summed E-state index contributed by atoms with van der Waals surface area (Å²) in [5, 5.41) is 8.75. The van der Waals surface area contributed by atoms with E-state index in [9.17, 15) is 9.59 Å². The maximum absolute atomic E-state index is 10.5. The highest BCUT2D eigenvalue weighted by molar-refractivity contribution is 6.30. The third kappa shape index (κ3) is 2.74. The Labute approximate surface area is 85.1 Å². The molecule has 0 aliphatic carbocycles.